The molecule has 2 aromatic carbocycles. The highest BCUT2D eigenvalue weighted by molar-refractivity contribution is 6.14. The number of nitrogens with zero attached hydrogens (tertiary/aromatic N) is 2. The lowest BCUT2D eigenvalue weighted by Crippen LogP contribution is -2.45. The van der Waals surface area contributed by atoms with Gasteiger partial charge < -0.3 is 14.8 Å². The summed E-state index contributed by atoms with van der Waals surface area (Å²) in [6.07, 6.45) is 1.32. The third-order valence-electron chi connectivity index (χ3n) is 5.24. The largest absolute Gasteiger partial charge is 0.465 e. The molecule has 31 heavy (non-hydrogen) atoms. The maximum atomic E-state index is 11.8. The molecular formula is C24H29N3O4. The number of anilines is 1. The monoisotopic (exact) mass is 423 g/mol. The van der Waals surface area contributed by atoms with Gasteiger partial charge in [0.25, 0.3) is 0 Å². The predicted molar refractivity (Wildman–Crippen MR) is 119 cm³/mol. The zero-order valence-electron chi connectivity index (χ0n) is 18.0. The third-order valence-corrected chi connectivity index (χ3v) is 5.24. The van der Waals surface area contributed by atoms with Gasteiger partial charge in [-0.2, -0.15) is 0 Å². The lowest BCUT2D eigenvalue weighted by Gasteiger charge is -2.34. The highest BCUT2D eigenvalue weighted by Gasteiger charge is 2.20. The number of hydrogen-bond donors (Lipinski definition) is 1. The number of carbonyl (C=O) groups is 2. The minimum absolute atomic E-state index is 0.190. The van der Waals surface area contributed by atoms with Crippen molar-refractivity contribution in [3.8, 4) is 0 Å². The number of ether oxygens (including phenoxy) is 2. The van der Waals surface area contributed by atoms with Crippen LogP contribution >= 0.6 is 0 Å². The van der Waals surface area contributed by atoms with E-state index in [0.717, 1.165) is 50.5 Å². The zero-order chi connectivity index (χ0) is 22.1. The molecule has 1 heterocycles. The molecule has 1 N–H and O–H groups in total. The van der Waals surface area contributed by atoms with Gasteiger partial charge in [0.2, 0.25) is 0 Å². The highest BCUT2D eigenvalue weighted by atomic mass is 16.5. The van der Waals surface area contributed by atoms with Crippen LogP contribution in [0, 0.1) is 0 Å². The van der Waals surface area contributed by atoms with Crippen LogP contribution in [0.3, 0.4) is 0 Å². The van der Waals surface area contributed by atoms with Crippen LogP contribution in [0.2, 0.25) is 0 Å². The van der Waals surface area contributed by atoms with Crippen molar-refractivity contribution in [1.82, 2.24) is 9.80 Å². The Labute approximate surface area is 183 Å². The summed E-state index contributed by atoms with van der Waals surface area (Å²) in [5.41, 5.74) is 3.10. The fourth-order valence-electron chi connectivity index (χ4n) is 3.54. The molecule has 1 aliphatic heterocycles. The summed E-state index contributed by atoms with van der Waals surface area (Å²) in [6, 6.07) is 18.5. The van der Waals surface area contributed by atoms with Gasteiger partial charge in [-0.15, -0.1) is 0 Å². The minimum Gasteiger partial charge on any atom is -0.465 e. The fraction of sp³-hybridized carbons (Fsp3) is 0.333. The second kappa shape index (κ2) is 11.3. The van der Waals surface area contributed by atoms with Crippen molar-refractivity contribution >= 4 is 17.6 Å². The van der Waals surface area contributed by atoms with Crippen molar-refractivity contribution in [2.24, 2.45) is 0 Å². The molecule has 1 fully saturated rings. The Balaban J connectivity index is 1.54. The number of esters is 2. The molecule has 1 aliphatic rings. The Bertz CT molecular complexity index is 888. The van der Waals surface area contributed by atoms with Gasteiger partial charge in [-0.3, -0.25) is 9.80 Å². The molecule has 3 rings (SSSR count). The standard InChI is InChI=1S/C24H29N3O4/c1-30-23(28)22(24(29)31-2)16-25-21-10-6-9-20(15-21)18-27-13-11-26(12-14-27)17-19-7-4-3-5-8-19/h3-10,15-16,25H,11-14,17-18H2,1-2H3. The quantitative estimate of drug-likeness (QED) is 0.303. The maximum absolute atomic E-state index is 11.8. The first-order valence-corrected chi connectivity index (χ1v) is 10.3. The Hall–Kier alpha value is -3.16. The van der Waals surface area contributed by atoms with E-state index in [1.807, 2.05) is 24.3 Å². The van der Waals surface area contributed by atoms with E-state index in [-0.39, 0.29) is 5.57 Å². The van der Waals surface area contributed by atoms with Crippen molar-refractivity contribution in [3.63, 3.8) is 0 Å². The van der Waals surface area contributed by atoms with Crippen LogP contribution in [-0.4, -0.2) is 62.1 Å². The summed E-state index contributed by atoms with van der Waals surface area (Å²) in [5.74, 6) is -1.49. The van der Waals surface area contributed by atoms with Crippen molar-refractivity contribution < 1.29 is 19.1 Å². The van der Waals surface area contributed by atoms with Crippen molar-refractivity contribution in [2.45, 2.75) is 13.1 Å². The van der Waals surface area contributed by atoms with Crippen LogP contribution < -0.4 is 5.32 Å². The molecular weight excluding hydrogens is 394 g/mol. The van der Waals surface area contributed by atoms with Crippen LogP contribution in [0.25, 0.3) is 0 Å². The summed E-state index contributed by atoms with van der Waals surface area (Å²) in [5, 5.41) is 3.00. The Morgan fingerprint density at radius 2 is 1.39 bits per heavy atom. The van der Waals surface area contributed by atoms with Gasteiger partial charge in [0.05, 0.1) is 14.2 Å². The maximum Gasteiger partial charge on any atom is 0.346 e. The first kappa shape index (κ1) is 22.5. The molecule has 0 radical (unpaired) electrons. The highest BCUT2D eigenvalue weighted by Crippen LogP contribution is 2.16. The van der Waals surface area contributed by atoms with Gasteiger partial charge in [-0.1, -0.05) is 42.5 Å². The molecule has 0 amide bonds. The zero-order valence-corrected chi connectivity index (χ0v) is 18.0. The smallest absolute Gasteiger partial charge is 0.346 e. The molecule has 1 saturated heterocycles. The van der Waals surface area contributed by atoms with Crippen molar-refractivity contribution in [1.29, 1.82) is 0 Å². The Morgan fingerprint density at radius 1 is 0.839 bits per heavy atom. The van der Waals surface area contributed by atoms with Gasteiger partial charge in [0.1, 0.15) is 0 Å². The summed E-state index contributed by atoms with van der Waals surface area (Å²) in [7, 11) is 2.44. The molecule has 0 bridgehead atoms. The molecule has 0 atom stereocenters. The van der Waals surface area contributed by atoms with Crippen molar-refractivity contribution in [3.05, 3.63) is 77.5 Å². The van der Waals surface area contributed by atoms with E-state index in [4.69, 9.17) is 0 Å². The molecule has 2 aromatic rings. The lowest BCUT2D eigenvalue weighted by molar-refractivity contribution is -0.144. The average Bonchev–Trinajstić information content (AvgIpc) is 2.81. The summed E-state index contributed by atoms with van der Waals surface area (Å²) in [4.78, 5) is 28.4. The minimum atomic E-state index is -0.746. The lowest BCUT2D eigenvalue weighted by atomic mass is 10.1. The normalized spacial score (nSPS) is 14.5. The number of benzene rings is 2. The molecule has 0 aliphatic carbocycles. The van der Waals surface area contributed by atoms with E-state index >= 15 is 0 Å². The number of carbonyl (C=O) groups excluding carboxylic acids is 2. The van der Waals surface area contributed by atoms with Crippen molar-refractivity contribution in [2.75, 3.05) is 45.7 Å². The van der Waals surface area contributed by atoms with Gasteiger partial charge in [-0.25, -0.2) is 9.59 Å². The molecule has 0 aromatic heterocycles. The molecule has 0 spiro atoms. The van der Waals surface area contributed by atoms with Crippen LogP contribution in [0.5, 0.6) is 0 Å². The van der Waals surface area contributed by atoms with Gasteiger partial charge in [0.15, 0.2) is 5.57 Å². The van der Waals surface area contributed by atoms with E-state index in [9.17, 15) is 9.59 Å². The fourth-order valence-corrected chi connectivity index (χ4v) is 3.54. The van der Waals surface area contributed by atoms with Gasteiger partial charge in [0, 0.05) is 51.2 Å². The first-order chi connectivity index (χ1) is 15.1. The van der Waals surface area contributed by atoms with Gasteiger partial charge in [-0.05, 0) is 23.3 Å². The summed E-state index contributed by atoms with van der Waals surface area (Å²) >= 11 is 0. The van der Waals surface area contributed by atoms with E-state index in [0.29, 0.717) is 0 Å². The van der Waals surface area contributed by atoms with Crippen LogP contribution in [0.4, 0.5) is 5.69 Å². The number of hydrogen-bond acceptors (Lipinski definition) is 7. The molecule has 164 valence electrons. The Morgan fingerprint density at radius 3 is 1.97 bits per heavy atom. The average molecular weight is 424 g/mol. The number of nitrogens with one attached hydrogen (secondary N) is 1. The third kappa shape index (κ3) is 6.67. The number of methoxy groups -OCH3 is 2. The second-order valence-corrected chi connectivity index (χ2v) is 7.42. The molecule has 7 nitrogen and oxygen atoms in total. The van der Waals surface area contributed by atoms with Gasteiger partial charge >= 0.3 is 11.9 Å². The predicted octanol–water partition coefficient (Wildman–Crippen LogP) is 2.65. The van der Waals surface area contributed by atoms with E-state index in [1.54, 1.807) is 0 Å². The van der Waals surface area contributed by atoms with Crippen LogP contribution in [0.15, 0.2) is 66.4 Å². The Kier molecular flexibility index (Phi) is 8.20. The van der Waals surface area contributed by atoms with E-state index in [1.165, 1.54) is 26.0 Å². The van der Waals surface area contributed by atoms with E-state index < -0.39 is 11.9 Å². The SMILES string of the molecule is COC(=O)C(=CNc1cccc(CN2CCN(Cc3ccccc3)CC2)c1)C(=O)OC. The second-order valence-electron chi connectivity index (χ2n) is 7.42. The molecule has 0 saturated carbocycles. The topological polar surface area (TPSA) is 71.1 Å². The first-order valence-electron chi connectivity index (χ1n) is 10.3. The number of piperazine rings is 1. The number of rotatable bonds is 8. The molecule has 7 heteroatoms. The molecule has 0 unspecified atom stereocenters. The van der Waals surface area contributed by atoms with Crippen LogP contribution in [0.1, 0.15) is 11.1 Å². The van der Waals surface area contributed by atoms with Crippen LogP contribution in [-0.2, 0) is 32.2 Å². The van der Waals surface area contributed by atoms with E-state index in [2.05, 4.69) is 54.9 Å². The summed E-state index contributed by atoms with van der Waals surface area (Å²) < 4.78 is 9.27. The summed E-state index contributed by atoms with van der Waals surface area (Å²) in [6.45, 7) is 5.94.